The molecule has 0 saturated carbocycles. The second kappa shape index (κ2) is 15.6. The summed E-state index contributed by atoms with van der Waals surface area (Å²) in [5, 5.41) is 2.55. The molecule has 0 spiro atoms. The lowest BCUT2D eigenvalue weighted by Crippen LogP contribution is -2.77. The van der Waals surface area contributed by atoms with Gasteiger partial charge in [-0.1, -0.05) is 170 Å². The Morgan fingerprint density at radius 3 is 1.67 bits per heavy atom. The number of hydrogen-bond donors (Lipinski definition) is 0. The molecule has 0 atom stereocenters. The van der Waals surface area contributed by atoms with Crippen molar-refractivity contribution < 1.29 is 21.2 Å². The van der Waals surface area contributed by atoms with Crippen molar-refractivity contribution in [2.45, 2.75) is 30.6 Å². The standard InChI is InChI=1S/C58H49N5OSi3/c1-65(2,43-33-37-59-38-34-43)58(66(3,4)44-35-39-60-40-36-44)48-25-11-16-31-54(48)64-56-49(58)26-18-32-55(56)67(45-20-7-5-8-21-45,46-22-9-6-10-23-46)47-24-17-19-42(41-47)62-52-29-14-15-30-53(52)63-51-28-13-12-27-50(51)61-57(62)63/h5-41H,1-4H3/i1D3,2D3,3D3,4D3. The first kappa shape index (κ1) is 30.0. The maximum Gasteiger partial charge on any atom is 0.220 e. The van der Waals surface area contributed by atoms with Crippen LogP contribution in [0.5, 0.6) is 11.5 Å². The normalized spacial score (nSPS) is 17.0. The number of pyridine rings is 2. The van der Waals surface area contributed by atoms with Crippen LogP contribution in [0.25, 0.3) is 33.5 Å². The third-order valence-electron chi connectivity index (χ3n) is 13.7. The summed E-state index contributed by atoms with van der Waals surface area (Å²) in [7, 11) is -16.2. The molecule has 9 heteroatoms. The highest BCUT2D eigenvalue weighted by molar-refractivity contribution is 7.20. The molecule has 0 radical (unpaired) electrons. The highest BCUT2D eigenvalue weighted by Crippen LogP contribution is 2.56. The number of rotatable bonds is 9. The van der Waals surface area contributed by atoms with E-state index in [9.17, 15) is 16.4 Å². The third-order valence-corrected chi connectivity index (χ3v) is 26.5. The molecule has 1 aliphatic heterocycles. The summed E-state index contributed by atoms with van der Waals surface area (Å²) in [6, 6.07) is 60.6. The van der Waals surface area contributed by atoms with Gasteiger partial charge in [0.05, 0.1) is 38.2 Å². The molecule has 324 valence electrons. The molecule has 0 amide bonds. The second-order valence-electron chi connectivity index (χ2n) is 17.1. The van der Waals surface area contributed by atoms with E-state index in [2.05, 4.69) is 31.1 Å². The lowest BCUT2D eigenvalue weighted by Gasteiger charge is -2.58. The minimum absolute atomic E-state index is 0.0156. The van der Waals surface area contributed by atoms with E-state index < -0.39 is 54.8 Å². The van der Waals surface area contributed by atoms with Crippen LogP contribution < -0.4 is 35.9 Å². The average molecular weight is 928 g/mol. The van der Waals surface area contributed by atoms with Crippen LogP contribution in [0, 0.1) is 0 Å². The zero-order chi connectivity index (χ0) is 55.4. The molecule has 5 heterocycles. The average Bonchev–Trinajstić information content (AvgIpc) is 4.16. The van der Waals surface area contributed by atoms with Crippen molar-refractivity contribution in [1.29, 1.82) is 0 Å². The van der Waals surface area contributed by atoms with Crippen LogP contribution in [0.4, 0.5) is 0 Å². The first-order valence-electron chi connectivity index (χ1n) is 28.1. The predicted molar refractivity (Wildman–Crippen MR) is 283 cm³/mol. The number of nitrogens with zero attached hydrogens (tertiary/aromatic N) is 5. The number of benzene rings is 7. The highest BCUT2D eigenvalue weighted by atomic mass is 28.4. The fourth-order valence-electron chi connectivity index (χ4n) is 10.9. The number of ether oxygens (including phenoxy) is 1. The van der Waals surface area contributed by atoms with Crippen molar-refractivity contribution >= 4 is 83.2 Å². The highest BCUT2D eigenvalue weighted by Gasteiger charge is 2.64. The lowest BCUT2D eigenvalue weighted by atomic mass is 9.98. The molecule has 0 bridgehead atoms. The van der Waals surface area contributed by atoms with E-state index in [1.54, 1.807) is 24.3 Å². The van der Waals surface area contributed by atoms with Crippen LogP contribution in [-0.4, -0.2) is 48.1 Å². The molecule has 0 fully saturated rings. The molecule has 67 heavy (non-hydrogen) atoms. The first-order valence-corrected chi connectivity index (χ1v) is 28.1. The van der Waals surface area contributed by atoms with Crippen LogP contribution in [0.3, 0.4) is 0 Å². The Kier molecular flexibility index (Phi) is 6.97. The van der Waals surface area contributed by atoms with Crippen molar-refractivity contribution in [3.8, 4) is 17.2 Å². The number of para-hydroxylation sites is 6. The summed E-state index contributed by atoms with van der Waals surface area (Å²) in [6.07, 6.45) is 5.15. The van der Waals surface area contributed by atoms with Crippen LogP contribution in [0.1, 0.15) is 27.6 Å². The molecule has 7 aromatic carbocycles. The molecule has 1 aliphatic rings. The van der Waals surface area contributed by atoms with Gasteiger partial charge in [-0.2, -0.15) is 0 Å². The second-order valence-corrected chi connectivity index (χ2v) is 27.0. The van der Waals surface area contributed by atoms with Gasteiger partial charge >= 0.3 is 0 Å². The Morgan fingerprint density at radius 2 is 1.01 bits per heavy atom. The maximum atomic E-state index is 10.1. The Bertz CT molecular complexity index is 3950. The van der Waals surface area contributed by atoms with E-state index in [4.69, 9.17) is 9.72 Å². The fraction of sp³-hybridized carbons (Fsp3) is 0.0862. The van der Waals surface area contributed by atoms with E-state index >= 15 is 0 Å². The monoisotopic (exact) mass is 927 g/mol. The molecule has 6 nitrogen and oxygen atoms in total. The lowest BCUT2D eigenvalue weighted by molar-refractivity contribution is 0.453. The van der Waals surface area contributed by atoms with Gasteiger partial charge in [-0.3, -0.25) is 18.9 Å². The molecule has 4 aromatic heterocycles. The minimum Gasteiger partial charge on any atom is -0.457 e. The number of imidazole rings is 2. The molecule has 0 N–H and O–H groups in total. The summed E-state index contributed by atoms with van der Waals surface area (Å²) in [5.41, 5.74) is 4.04. The van der Waals surface area contributed by atoms with Crippen LogP contribution in [0.15, 0.2) is 225 Å². The zero-order valence-electron chi connectivity index (χ0n) is 48.0. The molecule has 0 unspecified atom stereocenters. The SMILES string of the molecule is [2H]C([2H])([2H])[Si](c1ccncc1)(C([2H])([2H])[2H])C1([Si](c2ccncc2)(C([2H])([2H])[2H])C([2H])([2H])[2H])c2ccccc2Oc2c1cccc2[Si](c1ccccc1)(c1ccccc1)c1cccc(-n2c3ccccc3n3c4ccccc4nc23)c1. The number of aromatic nitrogens is 5. The van der Waals surface area contributed by atoms with Gasteiger partial charge in [-0.05, 0) is 87.5 Å². The Morgan fingerprint density at radius 1 is 0.478 bits per heavy atom. The Labute approximate surface area is 410 Å². The summed E-state index contributed by atoms with van der Waals surface area (Å²) in [4.78, 5) is 13.6. The smallest absolute Gasteiger partial charge is 0.220 e. The molecular weight excluding hydrogens is 867 g/mol. The van der Waals surface area contributed by atoms with Crippen molar-refractivity contribution in [2.75, 3.05) is 0 Å². The summed E-state index contributed by atoms with van der Waals surface area (Å²) >= 11 is 0. The van der Waals surface area contributed by atoms with Crippen LogP contribution in [-0.2, 0) is 4.66 Å². The number of fused-ring (bicyclic) bond motifs is 7. The zero-order valence-corrected chi connectivity index (χ0v) is 39.0. The van der Waals surface area contributed by atoms with Crippen LogP contribution in [0.2, 0.25) is 25.9 Å². The largest absolute Gasteiger partial charge is 0.457 e. The molecule has 0 aliphatic carbocycles. The van der Waals surface area contributed by atoms with Crippen molar-refractivity contribution in [2.24, 2.45) is 0 Å². The van der Waals surface area contributed by atoms with Gasteiger partial charge in [0.25, 0.3) is 0 Å². The van der Waals surface area contributed by atoms with E-state index in [-0.39, 0.29) is 33.0 Å². The molecule has 11 aromatic rings. The van der Waals surface area contributed by atoms with E-state index in [0.29, 0.717) is 11.0 Å². The van der Waals surface area contributed by atoms with Crippen molar-refractivity contribution in [1.82, 2.24) is 23.9 Å². The van der Waals surface area contributed by atoms with Crippen molar-refractivity contribution in [3.63, 3.8) is 0 Å². The quantitative estimate of drug-likeness (QED) is 0.107. The molecule has 12 rings (SSSR count). The maximum absolute atomic E-state index is 10.1. The Balaban J connectivity index is 1.32. The Hall–Kier alpha value is -7.44. The topological polar surface area (TPSA) is 57.2 Å². The molecule has 0 saturated heterocycles. The van der Waals surface area contributed by atoms with Gasteiger partial charge in [0.2, 0.25) is 5.78 Å². The van der Waals surface area contributed by atoms with Gasteiger partial charge < -0.3 is 4.74 Å². The fourth-order valence-corrected chi connectivity index (χ4v) is 23.5. The summed E-state index contributed by atoms with van der Waals surface area (Å²) in [5.74, 6) is 0.594. The van der Waals surface area contributed by atoms with E-state index in [1.165, 1.54) is 61.2 Å². The van der Waals surface area contributed by atoms with Gasteiger partial charge in [0.15, 0.2) is 8.07 Å². The molecular formula is C58H49N5OSi3. The van der Waals surface area contributed by atoms with Gasteiger partial charge in [-0.25, -0.2) is 4.98 Å². The predicted octanol–water partition coefficient (Wildman–Crippen LogP) is 9.30. The van der Waals surface area contributed by atoms with Crippen LogP contribution >= 0.6 is 0 Å². The minimum atomic E-state index is -6.09. The van der Waals surface area contributed by atoms with Gasteiger partial charge in [0, 0.05) is 62.7 Å². The van der Waals surface area contributed by atoms with Crippen molar-refractivity contribution in [3.05, 3.63) is 236 Å². The van der Waals surface area contributed by atoms with E-state index in [0.717, 1.165) is 43.3 Å². The summed E-state index contributed by atoms with van der Waals surface area (Å²) in [6.45, 7) is -14.3. The first-order chi connectivity index (χ1) is 37.8. The third kappa shape index (κ3) is 5.81. The van der Waals surface area contributed by atoms with E-state index in [1.807, 2.05) is 127 Å². The number of hydrogen-bond acceptors (Lipinski definition) is 4. The van der Waals surface area contributed by atoms with Gasteiger partial charge in [-0.15, -0.1) is 0 Å². The summed E-state index contributed by atoms with van der Waals surface area (Å²) < 4.78 is 130. The van der Waals surface area contributed by atoms with Gasteiger partial charge in [0.1, 0.15) is 11.5 Å².